The summed E-state index contributed by atoms with van der Waals surface area (Å²) in [5.41, 5.74) is 23.5. The third kappa shape index (κ3) is 4.71. The Kier molecular flexibility index (Phi) is 7.50. The van der Waals surface area contributed by atoms with E-state index in [0.29, 0.717) is 0 Å². The third-order valence-electron chi connectivity index (χ3n) is 14.0. The number of rotatable bonds is 4. The van der Waals surface area contributed by atoms with E-state index in [1.54, 1.807) is 0 Å². The van der Waals surface area contributed by atoms with Crippen LogP contribution < -0.4 is 0 Å². The quantitative estimate of drug-likeness (QED) is 0.173. The van der Waals surface area contributed by atoms with Crippen molar-refractivity contribution in [1.82, 2.24) is 4.98 Å². The summed E-state index contributed by atoms with van der Waals surface area (Å²) in [5.74, 6) is 0. The number of hydrogen-bond acceptors (Lipinski definition) is 1. The molecule has 0 radical (unpaired) electrons. The third-order valence-corrected chi connectivity index (χ3v) is 14.0. The van der Waals surface area contributed by atoms with Gasteiger partial charge in [-0.3, -0.25) is 0 Å². The first-order chi connectivity index (χ1) is 30.7. The van der Waals surface area contributed by atoms with Crippen LogP contribution in [0.4, 0.5) is 0 Å². The molecule has 10 aromatic rings. The highest BCUT2D eigenvalue weighted by molar-refractivity contribution is 5.94. The van der Waals surface area contributed by atoms with E-state index in [1.165, 1.54) is 77.9 Å². The molecule has 0 fully saturated rings. The Hall–Kier alpha value is -7.87. The van der Waals surface area contributed by atoms with Gasteiger partial charge in [-0.1, -0.05) is 218 Å². The van der Waals surface area contributed by atoms with E-state index in [-0.39, 0.29) is 0 Å². The molecule has 0 N–H and O–H groups in total. The molecule has 3 aliphatic rings. The highest BCUT2D eigenvalue weighted by Gasteiger charge is 2.58. The number of benzene rings is 9. The summed E-state index contributed by atoms with van der Waals surface area (Å²) in [4.78, 5) is 5.52. The summed E-state index contributed by atoms with van der Waals surface area (Å²) < 4.78 is 0. The molecular weight excluding hydrogens is 747 g/mol. The molecule has 9 aromatic carbocycles. The topological polar surface area (TPSA) is 12.9 Å². The summed E-state index contributed by atoms with van der Waals surface area (Å²) in [6.45, 7) is 0. The van der Waals surface area contributed by atoms with Crippen molar-refractivity contribution in [2.75, 3.05) is 0 Å². The van der Waals surface area contributed by atoms with Crippen molar-refractivity contribution in [3.05, 3.63) is 281 Å². The molecule has 288 valence electrons. The second-order valence-electron chi connectivity index (χ2n) is 16.9. The first-order valence-corrected chi connectivity index (χ1v) is 21.6. The molecule has 0 saturated carbocycles. The van der Waals surface area contributed by atoms with Crippen LogP contribution in [0, 0.1) is 0 Å². The molecule has 0 unspecified atom stereocenters. The molecule has 1 nitrogen and oxygen atoms in total. The van der Waals surface area contributed by atoms with Gasteiger partial charge in [-0.25, -0.2) is 4.98 Å². The van der Waals surface area contributed by atoms with Crippen molar-refractivity contribution >= 4 is 0 Å². The molecule has 13 rings (SSSR count). The minimum atomic E-state index is -0.569. The monoisotopic (exact) mass is 785 g/mol. The average molecular weight is 786 g/mol. The molecular formula is C61H39N. The molecule has 3 aliphatic carbocycles. The van der Waals surface area contributed by atoms with E-state index < -0.39 is 10.8 Å². The van der Waals surface area contributed by atoms with Gasteiger partial charge in [0.15, 0.2) is 0 Å². The van der Waals surface area contributed by atoms with Gasteiger partial charge in [0, 0.05) is 11.1 Å². The van der Waals surface area contributed by atoms with Gasteiger partial charge in [-0.15, -0.1) is 0 Å². The summed E-state index contributed by atoms with van der Waals surface area (Å²) in [6, 6.07) is 87.8. The van der Waals surface area contributed by atoms with E-state index in [2.05, 4.69) is 237 Å². The Balaban J connectivity index is 1.12. The lowest BCUT2D eigenvalue weighted by atomic mass is 9.52. The van der Waals surface area contributed by atoms with Crippen LogP contribution in [0.1, 0.15) is 44.5 Å². The lowest BCUT2D eigenvalue weighted by molar-refractivity contribution is 0.633. The van der Waals surface area contributed by atoms with Crippen LogP contribution in [0.25, 0.3) is 67.0 Å². The number of nitrogens with zero attached hydrogens (tertiary/aromatic N) is 1. The predicted molar refractivity (Wildman–Crippen MR) is 254 cm³/mol. The van der Waals surface area contributed by atoms with Gasteiger partial charge in [0.05, 0.1) is 22.2 Å². The van der Waals surface area contributed by atoms with Gasteiger partial charge in [-0.05, 0) is 107 Å². The molecule has 62 heavy (non-hydrogen) atoms. The first kappa shape index (κ1) is 34.9. The second-order valence-corrected chi connectivity index (χ2v) is 16.9. The zero-order chi connectivity index (χ0) is 40.8. The summed E-state index contributed by atoms with van der Waals surface area (Å²) in [6.07, 6.45) is 0. The van der Waals surface area contributed by atoms with Crippen LogP contribution in [0.2, 0.25) is 0 Å². The Labute approximate surface area is 362 Å². The summed E-state index contributed by atoms with van der Waals surface area (Å²) >= 11 is 0. The van der Waals surface area contributed by atoms with Crippen LogP contribution in [0.5, 0.6) is 0 Å². The molecule has 1 heteroatoms. The minimum absolute atomic E-state index is 0.527. The first-order valence-electron chi connectivity index (χ1n) is 21.6. The van der Waals surface area contributed by atoms with E-state index in [4.69, 9.17) is 4.98 Å². The van der Waals surface area contributed by atoms with Gasteiger partial charge >= 0.3 is 0 Å². The average Bonchev–Trinajstić information content (AvgIpc) is 3.82. The van der Waals surface area contributed by atoms with Crippen LogP contribution in [-0.4, -0.2) is 4.98 Å². The van der Waals surface area contributed by atoms with Crippen molar-refractivity contribution in [3.8, 4) is 67.0 Å². The normalized spacial score (nSPS) is 14.1. The Bertz CT molecular complexity index is 3310. The van der Waals surface area contributed by atoms with E-state index >= 15 is 0 Å². The van der Waals surface area contributed by atoms with Crippen molar-refractivity contribution in [3.63, 3.8) is 0 Å². The molecule has 0 amide bonds. The summed E-state index contributed by atoms with van der Waals surface area (Å²) in [7, 11) is 0. The van der Waals surface area contributed by atoms with Crippen LogP contribution in [0.15, 0.2) is 237 Å². The Morgan fingerprint density at radius 3 is 1.02 bits per heavy atom. The fraction of sp³-hybridized carbons (Fsp3) is 0.0328. The van der Waals surface area contributed by atoms with Crippen molar-refractivity contribution in [2.45, 2.75) is 10.8 Å². The fourth-order valence-corrected chi connectivity index (χ4v) is 11.5. The fourth-order valence-electron chi connectivity index (χ4n) is 11.5. The Morgan fingerprint density at radius 2 is 0.532 bits per heavy atom. The number of fused-ring (bicyclic) bond motifs is 16. The molecule has 0 atom stereocenters. The van der Waals surface area contributed by atoms with E-state index in [9.17, 15) is 0 Å². The number of aromatic nitrogens is 1. The van der Waals surface area contributed by atoms with Crippen molar-refractivity contribution < 1.29 is 0 Å². The molecule has 0 aliphatic heterocycles. The second kappa shape index (κ2) is 13.3. The maximum Gasteiger partial charge on any atom is 0.0720 e. The van der Waals surface area contributed by atoms with Crippen LogP contribution in [-0.2, 0) is 10.8 Å². The predicted octanol–water partition coefficient (Wildman–Crippen LogP) is 14.8. The maximum absolute atomic E-state index is 5.52. The lowest BCUT2D eigenvalue weighted by Gasteiger charge is -2.49. The number of pyridine rings is 1. The molecule has 1 aromatic heterocycles. The molecule has 0 saturated heterocycles. The Morgan fingerprint density at radius 1 is 0.210 bits per heavy atom. The number of hydrogen-bond donors (Lipinski definition) is 0. The van der Waals surface area contributed by atoms with Crippen LogP contribution in [0.3, 0.4) is 0 Å². The molecule has 1 heterocycles. The molecule has 2 spiro atoms. The smallest absolute Gasteiger partial charge is 0.0720 e. The largest absolute Gasteiger partial charge is 0.248 e. The van der Waals surface area contributed by atoms with Gasteiger partial charge in [0.1, 0.15) is 0 Å². The van der Waals surface area contributed by atoms with Gasteiger partial charge in [-0.2, -0.15) is 0 Å². The highest BCUT2D eigenvalue weighted by atomic mass is 14.7. The van der Waals surface area contributed by atoms with Gasteiger partial charge < -0.3 is 0 Å². The van der Waals surface area contributed by atoms with Crippen LogP contribution >= 0.6 is 0 Å². The van der Waals surface area contributed by atoms with Crippen molar-refractivity contribution in [1.29, 1.82) is 0 Å². The SMILES string of the molecule is c1ccc(-c2ccc(-c3cc(-c4ccccc4)nc(-c4ccc5c(c4)C4(c6ccccc6-c6ccccc64)c4ccccc4C54c5ccccc5-c5ccccc54)c3)cc2)cc1. The summed E-state index contributed by atoms with van der Waals surface area (Å²) in [5, 5.41) is 0. The van der Waals surface area contributed by atoms with Gasteiger partial charge in [0.25, 0.3) is 0 Å². The van der Waals surface area contributed by atoms with Gasteiger partial charge in [0.2, 0.25) is 0 Å². The maximum atomic E-state index is 5.52. The van der Waals surface area contributed by atoms with E-state index in [1.807, 2.05) is 0 Å². The van der Waals surface area contributed by atoms with Crippen molar-refractivity contribution in [2.24, 2.45) is 0 Å². The zero-order valence-electron chi connectivity index (χ0n) is 34.0. The lowest BCUT2D eigenvalue weighted by Crippen LogP contribution is -2.43. The highest BCUT2D eigenvalue weighted by Crippen LogP contribution is 2.67. The van der Waals surface area contributed by atoms with E-state index in [0.717, 1.165) is 33.6 Å². The zero-order valence-corrected chi connectivity index (χ0v) is 34.0. The standard InChI is InChI=1S/C61H39N/c1-3-17-40(18-4-1)41-31-33-42(34-32-41)45-38-58(43-19-5-2-6-20-43)62-59(39-45)44-35-36-56-57(37-44)61(52-27-13-9-23-48(52)49-24-10-14-28-53(49)61)55-30-16-15-29-54(55)60(56)50-25-11-7-21-46(50)47-22-8-12-26-51(47)60/h1-39H. The molecule has 0 bridgehead atoms. The minimum Gasteiger partial charge on any atom is -0.248 e.